The van der Waals surface area contributed by atoms with Crippen LogP contribution in [0.2, 0.25) is 0 Å². The molecule has 0 bridgehead atoms. The van der Waals surface area contributed by atoms with E-state index >= 15 is 0 Å². The van der Waals surface area contributed by atoms with Gasteiger partial charge < -0.3 is 4.74 Å². The Morgan fingerprint density at radius 2 is 1.82 bits per heavy atom. The summed E-state index contributed by atoms with van der Waals surface area (Å²) in [5.41, 5.74) is 2.19. The van der Waals surface area contributed by atoms with E-state index in [-0.39, 0.29) is 10.8 Å². The summed E-state index contributed by atoms with van der Waals surface area (Å²) in [5, 5.41) is 8.09. The first-order valence-electron chi connectivity index (χ1n) is 11.3. The number of sulfone groups is 1. The van der Waals surface area contributed by atoms with Crippen LogP contribution in [0.25, 0.3) is 11.3 Å². The Hall–Kier alpha value is -3.03. The zero-order chi connectivity index (χ0) is 23.1. The summed E-state index contributed by atoms with van der Waals surface area (Å²) in [7, 11) is -3.55. The minimum atomic E-state index is -3.55. The number of rotatable bonds is 10. The zero-order valence-electron chi connectivity index (χ0n) is 18.6. The lowest BCUT2D eigenvalue weighted by molar-refractivity contribution is 0.242. The van der Waals surface area contributed by atoms with E-state index in [0.29, 0.717) is 18.3 Å². The van der Waals surface area contributed by atoms with Crippen molar-refractivity contribution in [1.29, 1.82) is 0 Å². The molecule has 1 aromatic heterocycles. The molecule has 0 spiro atoms. The molecule has 2 heterocycles. The van der Waals surface area contributed by atoms with Gasteiger partial charge in [0.25, 0.3) is 0 Å². The van der Waals surface area contributed by atoms with Crippen LogP contribution in [0.5, 0.6) is 5.75 Å². The van der Waals surface area contributed by atoms with Crippen LogP contribution in [0.15, 0.2) is 84.4 Å². The lowest BCUT2D eigenvalue weighted by atomic mass is 10.1. The van der Waals surface area contributed by atoms with E-state index in [2.05, 4.69) is 21.7 Å². The van der Waals surface area contributed by atoms with Gasteiger partial charge in [0.15, 0.2) is 5.03 Å². The number of hydrogen-bond acceptors (Lipinski definition) is 6. The van der Waals surface area contributed by atoms with E-state index in [1.165, 1.54) is 18.9 Å². The van der Waals surface area contributed by atoms with Crippen molar-refractivity contribution in [2.45, 2.75) is 36.1 Å². The third kappa shape index (κ3) is 6.06. The van der Waals surface area contributed by atoms with E-state index in [0.717, 1.165) is 36.4 Å². The predicted molar refractivity (Wildman–Crippen MR) is 130 cm³/mol. The highest BCUT2D eigenvalue weighted by atomic mass is 32.2. The third-order valence-corrected chi connectivity index (χ3v) is 7.42. The van der Waals surface area contributed by atoms with Crippen LogP contribution in [0, 0.1) is 0 Å². The Labute approximate surface area is 195 Å². The van der Waals surface area contributed by atoms with Gasteiger partial charge in [0, 0.05) is 18.2 Å². The molecule has 1 atom stereocenters. The smallest absolute Gasteiger partial charge is 0.201 e. The van der Waals surface area contributed by atoms with Crippen molar-refractivity contribution >= 4 is 9.84 Å². The molecular weight excluding hydrogens is 434 g/mol. The molecule has 1 aliphatic rings. The standard InChI is InChI=1S/C26H29N3O3S/c1-2-23-10-6-17-29(23)18-7-19-32-24-13-11-22(12-14-24)25-15-16-26(28-27-25)33(30,31)20-21-8-4-3-5-9-21/h2-5,8-9,11-16,23H,1,6-7,10,17-20H2/t23-/m1/s1. The molecule has 1 saturated heterocycles. The molecular formula is C26H29N3O3S. The fraction of sp³-hybridized carbons (Fsp3) is 0.308. The molecule has 2 aromatic carbocycles. The van der Waals surface area contributed by atoms with Gasteiger partial charge >= 0.3 is 0 Å². The first-order valence-corrected chi connectivity index (χ1v) is 12.9. The van der Waals surface area contributed by atoms with Gasteiger partial charge in [-0.05, 0) is 67.8 Å². The zero-order valence-corrected chi connectivity index (χ0v) is 19.5. The lowest BCUT2D eigenvalue weighted by Crippen LogP contribution is -2.29. The molecule has 4 rings (SSSR count). The highest BCUT2D eigenvalue weighted by Gasteiger charge is 2.21. The van der Waals surface area contributed by atoms with Crippen molar-refractivity contribution in [3.05, 3.63) is 84.9 Å². The number of ether oxygens (including phenoxy) is 1. The minimum absolute atomic E-state index is 0.0215. The number of aromatic nitrogens is 2. The summed E-state index contributed by atoms with van der Waals surface area (Å²) in [4.78, 5) is 2.46. The Kier molecular flexibility index (Phi) is 7.52. The highest BCUT2D eigenvalue weighted by molar-refractivity contribution is 7.90. The lowest BCUT2D eigenvalue weighted by Gasteiger charge is -2.21. The molecule has 1 fully saturated rings. The summed E-state index contributed by atoms with van der Waals surface area (Å²) in [5.74, 6) is 0.704. The van der Waals surface area contributed by atoms with Crippen LogP contribution in [0.1, 0.15) is 24.8 Å². The number of likely N-dealkylation sites (tertiary alicyclic amines) is 1. The van der Waals surface area contributed by atoms with Crippen molar-refractivity contribution in [2.75, 3.05) is 19.7 Å². The molecule has 0 aliphatic carbocycles. The molecule has 0 radical (unpaired) electrons. The normalized spacial score (nSPS) is 16.5. The fourth-order valence-corrected chi connectivity index (χ4v) is 5.30. The maximum absolute atomic E-state index is 12.6. The van der Waals surface area contributed by atoms with Gasteiger partial charge in [0.1, 0.15) is 5.75 Å². The summed E-state index contributed by atoms with van der Waals surface area (Å²) in [6, 6.07) is 20.4. The van der Waals surface area contributed by atoms with Gasteiger partial charge in [-0.25, -0.2) is 8.42 Å². The van der Waals surface area contributed by atoms with Crippen molar-refractivity contribution in [2.24, 2.45) is 0 Å². The maximum Gasteiger partial charge on any atom is 0.201 e. The van der Waals surface area contributed by atoms with E-state index in [9.17, 15) is 8.42 Å². The van der Waals surface area contributed by atoms with Crippen LogP contribution in [0.3, 0.4) is 0 Å². The van der Waals surface area contributed by atoms with Crippen LogP contribution in [-0.2, 0) is 15.6 Å². The molecule has 0 amide bonds. The molecule has 3 aromatic rings. The second-order valence-electron chi connectivity index (χ2n) is 8.21. The average Bonchev–Trinajstić information content (AvgIpc) is 3.30. The summed E-state index contributed by atoms with van der Waals surface area (Å²) in [6.45, 7) is 6.74. The van der Waals surface area contributed by atoms with Crippen LogP contribution in [-0.4, -0.2) is 49.3 Å². The van der Waals surface area contributed by atoms with Gasteiger partial charge in [-0.15, -0.1) is 16.8 Å². The van der Waals surface area contributed by atoms with E-state index in [1.807, 2.05) is 48.5 Å². The molecule has 6 nitrogen and oxygen atoms in total. The Morgan fingerprint density at radius 1 is 1.03 bits per heavy atom. The third-order valence-electron chi connectivity index (χ3n) is 5.85. The molecule has 0 saturated carbocycles. The Morgan fingerprint density at radius 3 is 2.52 bits per heavy atom. The quantitative estimate of drug-likeness (QED) is 0.325. The van der Waals surface area contributed by atoms with Crippen LogP contribution >= 0.6 is 0 Å². The van der Waals surface area contributed by atoms with E-state index in [1.54, 1.807) is 18.2 Å². The molecule has 33 heavy (non-hydrogen) atoms. The van der Waals surface area contributed by atoms with Gasteiger partial charge in [0.2, 0.25) is 9.84 Å². The molecule has 172 valence electrons. The van der Waals surface area contributed by atoms with E-state index in [4.69, 9.17) is 4.74 Å². The second kappa shape index (κ2) is 10.7. The SMILES string of the molecule is C=C[C@@H]1CCCN1CCCOc1ccc(-c2ccc(S(=O)(=O)Cc3ccccc3)nn2)cc1. The van der Waals surface area contributed by atoms with E-state index < -0.39 is 9.84 Å². The summed E-state index contributed by atoms with van der Waals surface area (Å²) < 4.78 is 31.1. The maximum atomic E-state index is 12.6. The monoisotopic (exact) mass is 463 g/mol. The molecule has 0 N–H and O–H groups in total. The van der Waals surface area contributed by atoms with Crippen LogP contribution < -0.4 is 4.74 Å². The Balaban J connectivity index is 1.31. The van der Waals surface area contributed by atoms with Gasteiger partial charge in [-0.1, -0.05) is 36.4 Å². The first-order chi connectivity index (χ1) is 16.0. The average molecular weight is 464 g/mol. The molecule has 0 unspecified atom stereocenters. The molecule has 1 aliphatic heterocycles. The van der Waals surface area contributed by atoms with Gasteiger partial charge in [-0.2, -0.15) is 0 Å². The number of benzene rings is 2. The van der Waals surface area contributed by atoms with Gasteiger partial charge in [-0.3, -0.25) is 4.90 Å². The number of hydrogen-bond donors (Lipinski definition) is 0. The molecule has 7 heteroatoms. The Bertz CT molecular complexity index is 1150. The topological polar surface area (TPSA) is 72.4 Å². The second-order valence-corrected chi connectivity index (χ2v) is 10.1. The van der Waals surface area contributed by atoms with Gasteiger partial charge in [0.05, 0.1) is 18.1 Å². The van der Waals surface area contributed by atoms with Crippen molar-refractivity contribution < 1.29 is 13.2 Å². The minimum Gasteiger partial charge on any atom is -0.494 e. The largest absolute Gasteiger partial charge is 0.494 e. The predicted octanol–water partition coefficient (Wildman–Crippen LogP) is 4.54. The van der Waals surface area contributed by atoms with Crippen molar-refractivity contribution in [3.63, 3.8) is 0 Å². The van der Waals surface area contributed by atoms with Crippen molar-refractivity contribution in [1.82, 2.24) is 15.1 Å². The highest BCUT2D eigenvalue weighted by Crippen LogP contribution is 2.22. The van der Waals surface area contributed by atoms with Crippen molar-refractivity contribution in [3.8, 4) is 17.0 Å². The number of nitrogens with zero attached hydrogens (tertiary/aromatic N) is 3. The van der Waals surface area contributed by atoms with Crippen LogP contribution in [0.4, 0.5) is 0 Å². The summed E-state index contributed by atoms with van der Waals surface area (Å²) >= 11 is 0. The fourth-order valence-electron chi connectivity index (χ4n) is 4.08. The first kappa shape index (κ1) is 23.1. The summed E-state index contributed by atoms with van der Waals surface area (Å²) in [6.07, 6.45) is 5.45.